The number of phosphoric ester groups is 1. The van der Waals surface area contributed by atoms with Gasteiger partial charge in [0.1, 0.15) is 13.2 Å². The number of unbranched alkanes of at least 4 members (excludes halogenated alkanes) is 17. The zero-order chi connectivity index (χ0) is 37.9. The predicted molar refractivity (Wildman–Crippen MR) is 217 cm³/mol. The van der Waals surface area contributed by atoms with Crippen molar-refractivity contribution < 1.29 is 32.9 Å². The lowest BCUT2D eigenvalue weighted by Gasteiger charge is -2.25. The first-order valence-corrected chi connectivity index (χ1v) is 22.0. The third-order valence-electron chi connectivity index (χ3n) is 8.76. The maximum Gasteiger partial charge on any atom is 0.472 e. The number of rotatable bonds is 36. The fourth-order valence-corrected chi connectivity index (χ4v) is 6.22. The Morgan fingerprint density at radius 1 is 0.667 bits per heavy atom. The summed E-state index contributed by atoms with van der Waals surface area (Å²) < 4.78 is 23.4. The number of aliphatic hydroxyl groups excluding tert-OH is 1. The van der Waals surface area contributed by atoms with Gasteiger partial charge in [0.25, 0.3) is 0 Å². The van der Waals surface area contributed by atoms with E-state index in [9.17, 15) is 19.4 Å². The van der Waals surface area contributed by atoms with Gasteiger partial charge in [-0.3, -0.25) is 13.8 Å². The van der Waals surface area contributed by atoms with E-state index in [1.54, 1.807) is 6.08 Å². The molecule has 0 bridgehead atoms. The molecule has 0 saturated carbocycles. The lowest BCUT2D eigenvalue weighted by atomic mass is 10.0. The molecule has 1 amide bonds. The van der Waals surface area contributed by atoms with Crippen LogP contribution in [0.15, 0.2) is 48.6 Å². The van der Waals surface area contributed by atoms with E-state index in [2.05, 4.69) is 55.6 Å². The van der Waals surface area contributed by atoms with Crippen LogP contribution in [0.3, 0.4) is 0 Å². The summed E-state index contributed by atoms with van der Waals surface area (Å²) in [5.74, 6) is -0.198. The summed E-state index contributed by atoms with van der Waals surface area (Å²) in [5.41, 5.74) is 0. The molecule has 0 aliphatic carbocycles. The number of likely N-dealkylation sites (N-methyl/N-ethyl adjacent to an activating group) is 1. The van der Waals surface area contributed by atoms with E-state index in [0.29, 0.717) is 17.4 Å². The highest BCUT2D eigenvalue weighted by Crippen LogP contribution is 2.43. The highest BCUT2D eigenvalue weighted by molar-refractivity contribution is 7.47. The summed E-state index contributed by atoms with van der Waals surface area (Å²) in [6, 6.07) is -0.868. The van der Waals surface area contributed by atoms with Crippen LogP contribution in [0.25, 0.3) is 0 Å². The van der Waals surface area contributed by atoms with Gasteiger partial charge in [-0.1, -0.05) is 140 Å². The smallest absolute Gasteiger partial charge is 0.387 e. The Labute approximate surface area is 314 Å². The first-order valence-electron chi connectivity index (χ1n) is 20.5. The van der Waals surface area contributed by atoms with Gasteiger partial charge in [0.2, 0.25) is 5.91 Å². The van der Waals surface area contributed by atoms with Crippen molar-refractivity contribution in [2.45, 2.75) is 174 Å². The van der Waals surface area contributed by atoms with Crippen molar-refractivity contribution in [3.8, 4) is 0 Å². The molecule has 0 aromatic carbocycles. The molecule has 3 unspecified atom stereocenters. The van der Waals surface area contributed by atoms with Crippen LogP contribution < -0.4 is 5.32 Å². The fourth-order valence-electron chi connectivity index (χ4n) is 5.48. The van der Waals surface area contributed by atoms with Gasteiger partial charge >= 0.3 is 7.82 Å². The summed E-state index contributed by atoms with van der Waals surface area (Å²) in [4.78, 5) is 23.0. The summed E-state index contributed by atoms with van der Waals surface area (Å²) in [7, 11) is 1.54. The fraction of sp³-hybridized carbons (Fsp3) is 0.786. The lowest BCUT2D eigenvalue weighted by molar-refractivity contribution is -0.870. The number of carbonyl (C=O) groups excluding carboxylic acids is 1. The normalized spacial score (nSPS) is 15.0. The topological polar surface area (TPSA) is 105 Å². The van der Waals surface area contributed by atoms with E-state index in [1.165, 1.54) is 89.9 Å². The molecule has 0 aliphatic heterocycles. The Kier molecular flexibility index (Phi) is 33.2. The van der Waals surface area contributed by atoms with Gasteiger partial charge < -0.3 is 19.8 Å². The summed E-state index contributed by atoms with van der Waals surface area (Å²) >= 11 is 0. The van der Waals surface area contributed by atoms with E-state index in [-0.39, 0.29) is 19.1 Å². The molecule has 0 heterocycles. The quantitative estimate of drug-likeness (QED) is 0.0256. The number of amides is 1. The average molecular weight is 740 g/mol. The zero-order valence-corrected chi connectivity index (χ0v) is 34.5. The number of carbonyl (C=O) groups is 1. The Hall–Kier alpha value is -1.54. The first-order chi connectivity index (χ1) is 24.5. The molecule has 0 saturated heterocycles. The summed E-state index contributed by atoms with van der Waals surface area (Å²) in [6.07, 6.45) is 41.9. The van der Waals surface area contributed by atoms with Crippen molar-refractivity contribution >= 4 is 13.7 Å². The van der Waals surface area contributed by atoms with E-state index < -0.39 is 20.0 Å². The molecule has 9 heteroatoms. The Bertz CT molecular complexity index is 975. The SMILES string of the molecule is CC/C=C/CC/C=C/CC/C=C/C(O)C(COP(=O)(O)OCC[N+](C)(C)C)NC(=O)CCCCCCCCCCC/C=C\CCCCCCCC. The van der Waals surface area contributed by atoms with Gasteiger partial charge in [-0.25, -0.2) is 4.57 Å². The summed E-state index contributed by atoms with van der Waals surface area (Å²) in [5, 5.41) is 13.7. The molecule has 0 aromatic heterocycles. The molecule has 3 atom stereocenters. The third-order valence-corrected chi connectivity index (χ3v) is 9.74. The number of hydrogen-bond donors (Lipinski definition) is 3. The van der Waals surface area contributed by atoms with Crippen LogP contribution in [0.2, 0.25) is 0 Å². The minimum absolute atomic E-state index is 0.0518. The largest absolute Gasteiger partial charge is 0.472 e. The van der Waals surface area contributed by atoms with Gasteiger partial charge in [-0.2, -0.15) is 0 Å². The second kappa shape index (κ2) is 34.2. The van der Waals surface area contributed by atoms with Gasteiger partial charge in [0, 0.05) is 6.42 Å². The van der Waals surface area contributed by atoms with Crippen molar-refractivity contribution in [3.05, 3.63) is 48.6 Å². The molecule has 3 N–H and O–H groups in total. The van der Waals surface area contributed by atoms with Crippen molar-refractivity contribution in [3.63, 3.8) is 0 Å². The first kappa shape index (κ1) is 49.5. The van der Waals surface area contributed by atoms with Gasteiger partial charge in [0.15, 0.2) is 0 Å². The van der Waals surface area contributed by atoms with Crippen molar-refractivity contribution in [2.24, 2.45) is 0 Å². The number of nitrogens with one attached hydrogen (secondary N) is 1. The predicted octanol–water partition coefficient (Wildman–Crippen LogP) is 10.9. The van der Waals surface area contributed by atoms with Crippen LogP contribution in [-0.2, 0) is 18.4 Å². The van der Waals surface area contributed by atoms with Crippen molar-refractivity contribution in [1.29, 1.82) is 0 Å². The maximum atomic E-state index is 12.8. The Morgan fingerprint density at radius 3 is 1.67 bits per heavy atom. The highest BCUT2D eigenvalue weighted by Gasteiger charge is 2.27. The van der Waals surface area contributed by atoms with Crippen molar-refractivity contribution in [1.82, 2.24) is 5.32 Å². The average Bonchev–Trinajstić information content (AvgIpc) is 3.07. The van der Waals surface area contributed by atoms with Crippen LogP contribution in [0.1, 0.15) is 162 Å². The van der Waals surface area contributed by atoms with Crippen molar-refractivity contribution in [2.75, 3.05) is 40.9 Å². The minimum atomic E-state index is -4.34. The van der Waals surface area contributed by atoms with Gasteiger partial charge in [-0.05, 0) is 64.2 Å². The Balaban J connectivity index is 4.41. The monoisotopic (exact) mass is 740 g/mol. The van der Waals surface area contributed by atoms with Gasteiger partial charge in [0.05, 0.1) is 39.9 Å². The number of phosphoric acid groups is 1. The number of allylic oxidation sites excluding steroid dienone is 7. The molecule has 0 fully saturated rings. The number of quaternary nitrogens is 1. The molecular formula is C42H80N2O6P+. The molecule has 0 radical (unpaired) electrons. The number of nitrogens with zero attached hydrogens (tertiary/aromatic N) is 1. The van der Waals surface area contributed by atoms with Crippen LogP contribution in [0.4, 0.5) is 0 Å². The van der Waals surface area contributed by atoms with E-state index in [0.717, 1.165) is 51.4 Å². The molecule has 0 rings (SSSR count). The molecule has 0 spiro atoms. The number of hydrogen-bond acceptors (Lipinski definition) is 5. The second-order valence-corrected chi connectivity index (χ2v) is 16.4. The molecule has 8 nitrogen and oxygen atoms in total. The minimum Gasteiger partial charge on any atom is -0.387 e. The molecular weight excluding hydrogens is 659 g/mol. The third kappa shape index (κ3) is 36.6. The summed E-state index contributed by atoms with van der Waals surface area (Å²) in [6.45, 7) is 4.63. The van der Waals surface area contributed by atoms with Crippen LogP contribution >= 0.6 is 7.82 Å². The number of aliphatic hydroxyl groups is 1. The van der Waals surface area contributed by atoms with Gasteiger partial charge in [-0.15, -0.1) is 0 Å². The Morgan fingerprint density at radius 2 is 1.14 bits per heavy atom. The standard InChI is InChI=1S/C42H79N2O6P/c1-6-8-10-12-14-16-18-19-20-21-22-23-24-25-26-28-30-32-34-36-42(46)43-40(39-50-51(47,48)49-38-37-44(3,4)5)41(45)35-33-31-29-27-17-15-13-11-9-7-2/h9,11,17,19-20,27,33,35,40-41,45H,6-8,10,12-16,18,21-26,28-32,34,36-39H2,1-5H3,(H-,43,46,47,48)/p+1/b11-9+,20-19-,27-17+,35-33+. The second-order valence-electron chi connectivity index (χ2n) is 15.0. The molecule has 298 valence electrons. The molecule has 0 aliphatic rings. The molecule has 0 aromatic rings. The van der Waals surface area contributed by atoms with Crippen LogP contribution in [0.5, 0.6) is 0 Å². The zero-order valence-electron chi connectivity index (χ0n) is 33.6. The van der Waals surface area contributed by atoms with E-state index in [4.69, 9.17) is 9.05 Å². The van der Waals surface area contributed by atoms with E-state index in [1.807, 2.05) is 27.2 Å². The van der Waals surface area contributed by atoms with E-state index >= 15 is 0 Å². The van der Waals surface area contributed by atoms with Crippen LogP contribution in [0, 0.1) is 0 Å². The molecule has 51 heavy (non-hydrogen) atoms. The van der Waals surface area contributed by atoms with Crippen LogP contribution in [-0.4, -0.2) is 73.4 Å². The maximum absolute atomic E-state index is 12.8. The lowest BCUT2D eigenvalue weighted by Crippen LogP contribution is -2.45. The highest BCUT2D eigenvalue weighted by atomic mass is 31.2.